The minimum Gasteiger partial charge on any atom is -0.365 e. The van der Waals surface area contributed by atoms with Gasteiger partial charge in [-0.1, -0.05) is 0 Å². The lowest BCUT2D eigenvalue weighted by Crippen LogP contribution is -2.05. The molecule has 4 nitrogen and oxygen atoms in total. The average molecular weight is 133 g/mol. The number of hydrogen-bond acceptors (Lipinski definition) is 4. The zero-order valence-corrected chi connectivity index (χ0v) is 5.26. The predicted molar refractivity (Wildman–Crippen MR) is 33.1 cm³/mol. The number of hydrogen-bond donors (Lipinski definition) is 1. The summed E-state index contributed by atoms with van der Waals surface area (Å²) in [6.07, 6.45) is 0. The van der Waals surface area contributed by atoms with Gasteiger partial charge in [0.1, 0.15) is 13.6 Å². The summed E-state index contributed by atoms with van der Waals surface area (Å²) in [5, 5.41) is 3.00. The molecule has 1 aliphatic rings. The first-order valence-electron chi connectivity index (χ1n) is 2.36. The van der Waals surface area contributed by atoms with E-state index in [2.05, 4.69) is 5.32 Å². The van der Waals surface area contributed by atoms with Crippen molar-refractivity contribution in [1.82, 2.24) is 5.32 Å². The highest BCUT2D eigenvalue weighted by Gasteiger charge is 1.92. The predicted octanol–water partition coefficient (Wildman–Crippen LogP) is -0.806. The Kier molecular flexibility index (Phi) is 19.4. The summed E-state index contributed by atoms with van der Waals surface area (Å²) < 4.78 is 4.83. The van der Waals surface area contributed by atoms with Gasteiger partial charge in [-0.15, -0.1) is 0 Å². The van der Waals surface area contributed by atoms with Crippen LogP contribution >= 0.6 is 0 Å². The van der Waals surface area contributed by atoms with Gasteiger partial charge in [-0.2, -0.15) is 0 Å². The highest BCUT2D eigenvalue weighted by molar-refractivity contribution is 5.11. The van der Waals surface area contributed by atoms with Crippen LogP contribution in [0.3, 0.4) is 0 Å². The fourth-order valence-corrected chi connectivity index (χ4v) is 0.361. The first-order valence-corrected chi connectivity index (χ1v) is 2.36. The second-order valence-electron chi connectivity index (χ2n) is 1.05. The van der Waals surface area contributed by atoms with E-state index in [0.29, 0.717) is 0 Å². The van der Waals surface area contributed by atoms with Crippen LogP contribution in [0.5, 0.6) is 0 Å². The van der Waals surface area contributed by atoms with Gasteiger partial charge in [-0.25, -0.2) is 0 Å². The van der Waals surface area contributed by atoms with Gasteiger partial charge in [0.25, 0.3) is 0 Å². The van der Waals surface area contributed by atoms with E-state index in [1.165, 1.54) is 0 Å². The van der Waals surface area contributed by atoms with E-state index < -0.39 is 0 Å². The lowest BCUT2D eigenvalue weighted by Gasteiger charge is -1.76. The Morgan fingerprint density at radius 1 is 1.22 bits per heavy atom. The van der Waals surface area contributed by atoms with Gasteiger partial charge in [0.2, 0.25) is 0 Å². The van der Waals surface area contributed by atoms with Crippen LogP contribution in [0.1, 0.15) is 0 Å². The zero-order valence-electron chi connectivity index (χ0n) is 5.26. The van der Waals surface area contributed by atoms with Crippen LogP contribution in [0.4, 0.5) is 0 Å². The maximum absolute atomic E-state index is 8.00. The molecule has 54 valence electrons. The Morgan fingerprint density at radius 2 is 1.78 bits per heavy atom. The van der Waals surface area contributed by atoms with Crippen LogP contribution < -0.4 is 5.32 Å². The Bertz CT molecular complexity index is 37.9. The molecule has 0 aliphatic carbocycles. The average Bonchev–Trinajstić information content (AvgIpc) is 2.51. The first kappa shape index (κ1) is 11.1. The van der Waals surface area contributed by atoms with Crippen molar-refractivity contribution < 1.29 is 14.3 Å². The number of rotatable bonds is 0. The smallest absolute Gasteiger partial charge is 0.106 e. The second kappa shape index (κ2) is 15.7. The molecule has 0 amide bonds. The summed E-state index contributed by atoms with van der Waals surface area (Å²) in [7, 11) is 0. The third-order valence-electron chi connectivity index (χ3n) is 0.627. The standard InChI is InChI=1S/C3H7NO.2CH2O/c1-2-5-3-4-1;2*1-2/h4H,1-3H2;2*1H2. The van der Waals surface area contributed by atoms with Crippen LogP contribution in [0, 0.1) is 0 Å². The van der Waals surface area contributed by atoms with E-state index in [1.807, 2.05) is 13.6 Å². The van der Waals surface area contributed by atoms with Crippen molar-refractivity contribution in [1.29, 1.82) is 0 Å². The molecule has 0 saturated carbocycles. The largest absolute Gasteiger partial charge is 0.365 e. The summed E-state index contributed by atoms with van der Waals surface area (Å²) in [4.78, 5) is 16.0. The van der Waals surface area contributed by atoms with Gasteiger partial charge in [-0.05, 0) is 0 Å². The minimum atomic E-state index is 0.750. The molecule has 1 fully saturated rings. The molecule has 1 rings (SSSR count). The molecule has 1 heterocycles. The van der Waals surface area contributed by atoms with Crippen molar-refractivity contribution >= 4 is 13.6 Å². The molecule has 0 radical (unpaired) electrons. The van der Waals surface area contributed by atoms with E-state index in [-0.39, 0.29) is 0 Å². The van der Waals surface area contributed by atoms with Crippen molar-refractivity contribution in [2.75, 3.05) is 19.9 Å². The lowest BCUT2D eigenvalue weighted by molar-refractivity contribution is -0.0987. The number of carbonyl (C=O) groups is 2. The maximum atomic E-state index is 8.00. The molecule has 0 unspecified atom stereocenters. The van der Waals surface area contributed by atoms with Gasteiger partial charge in [0.15, 0.2) is 0 Å². The monoisotopic (exact) mass is 133 g/mol. The van der Waals surface area contributed by atoms with Gasteiger partial charge < -0.3 is 14.3 Å². The molecule has 9 heavy (non-hydrogen) atoms. The van der Waals surface area contributed by atoms with Crippen molar-refractivity contribution in [2.45, 2.75) is 0 Å². The summed E-state index contributed by atoms with van der Waals surface area (Å²) >= 11 is 0. The topological polar surface area (TPSA) is 55.4 Å². The van der Waals surface area contributed by atoms with E-state index in [1.54, 1.807) is 0 Å². The molecule has 1 aliphatic heterocycles. The quantitative estimate of drug-likeness (QED) is 0.469. The molecule has 0 bridgehead atoms. The molecular formula is C5H11NO3. The third-order valence-corrected chi connectivity index (χ3v) is 0.627. The first-order chi connectivity index (χ1) is 4.50. The van der Waals surface area contributed by atoms with Crippen molar-refractivity contribution in [3.63, 3.8) is 0 Å². The van der Waals surface area contributed by atoms with Gasteiger partial charge in [0.05, 0.1) is 13.3 Å². The number of nitrogens with one attached hydrogen (secondary N) is 1. The Morgan fingerprint density at radius 3 is 1.89 bits per heavy atom. The summed E-state index contributed by atoms with van der Waals surface area (Å²) in [6.45, 7) is 6.67. The number of carbonyl (C=O) groups excluding carboxylic acids is 2. The van der Waals surface area contributed by atoms with E-state index in [0.717, 1.165) is 19.9 Å². The van der Waals surface area contributed by atoms with Gasteiger partial charge in [-0.3, -0.25) is 5.32 Å². The van der Waals surface area contributed by atoms with E-state index >= 15 is 0 Å². The SMILES string of the molecule is C1COCN1.C=O.C=O. The van der Waals surface area contributed by atoms with Crippen LogP contribution in [0.15, 0.2) is 0 Å². The highest BCUT2D eigenvalue weighted by Crippen LogP contribution is 1.75. The summed E-state index contributed by atoms with van der Waals surface area (Å²) in [6, 6.07) is 0. The van der Waals surface area contributed by atoms with Crippen LogP contribution in [0.25, 0.3) is 0 Å². The van der Waals surface area contributed by atoms with Gasteiger partial charge in [0, 0.05) is 6.54 Å². The molecule has 4 heteroatoms. The number of ether oxygens (including phenoxy) is 1. The lowest BCUT2D eigenvalue weighted by atomic mass is 10.7. The highest BCUT2D eigenvalue weighted by atomic mass is 16.5. The molecule has 0 spiro atoms. The second-order valence-corrected chi connectivity index (χ2v) is 1.05. The third kappa shape index (κ3) is 11.1. The van der Waals surface area contributed by atoms with Gasteiger partial charge >= 0.3 is 0 Å². The maximum Gasteiger partial charge on any atom is 0.106 e. The van der Waals surface area contributed by atoms with Crippen molar-refractivity contribution in [2.24, 2.45) is 0 Å². The normalized spacial score (nSPS) is 14.2. The fourth-order valence-electron chi connectivity index (χ4n) is 0.361. The molecule has 0 aromatic heterocycles. The minimum absolute atomic E-state index is 0.750. The van der Waals surface area contributed by atoms with Crippen LogP contribution in [0.2, 0.25) is 0 Å². The van der Waals surface area contributed by atoms with Crippen LogP contribution in [-0.4, -0.2) is 33.5 Å². The molecule has 0 aromatic rings. The van der Waals surface area contributed by atoms with Crippen molar-refractivity contribution in [3.05, 3.63) is 0 Å². The van der Waals surface area contributed by atoms with Crippen LogP contribution in [-0.2, 0) is 14.3 Å². The molecule has 0 aromatic carbocycles. The molecule has 1 N–H and O–H groups in total. The molecular weight excluding hydrogens is 122 g/mol. The zero-order chi connectivity index (χ0) is 7.54. The Balaban J connectivity index is 0. The van der Waals surface area contributed by atoms with Crippen molar-refractivity contribution in [3.8, 4) is 0 Å². The Labute approximate surface area is 54.2 Å². The summed E-state index contributed by atoms with van der Waals surface area (Å²) in [5.41, 5.74) is 0. The summed E-state index contributed by atoms with van der Waals surface area (Å²) in [5.74, 6) is 0. The molecule has 0 atom stereocenters. The Hall–Kier alpha value is -0.740. The molecule has 1 saturated heterocycles. The van der Waals surface area contributed by atoms with E-state index in [4.69, 9.17) is 14.3 Å². The van der Waals surface area contributed by atoms with E-state index in [9.17, 15) is 0 Å². The fraction of sp³-hybridized carbons (Fsp3) is 0.600.